The summed E-state index contributed by atoms with van der Waals surface area (Å²) in [5.74, 6) is 2.43. The Balaban J connectivity index is 2.07. The Bertz CT molecular complexity index is 827. The van der Waals surface area contributed by atoms with Gasteiger partial charge in [-0.1, -0.05) is 28.1 Å². The number of rotatable bonds is 4. The minimum Gasteiger partial charge on any atom is -0.493 e. The zero-order chi connectivity index (χ0) is 15.7. The third-order valence-corrected chi connectivity index (χ3v) is 4.46. The maximum absolute atomic E-state index is 5.40. The van der Waals surface area contributed by atoms with E-state index in [1.54, 1.807) is 14.2 Å². The molecule has 1 aromatic heterocycles. The lowest BCUT2D eigenvalue weighted by molar-refractivity contribution is 0.354. The monoisotopic (exact) mass is 360 g/mol. The second-order valence-corrected chi connectivity index (χ2v) is 5.89. The molecule has 0 radical (unpaired) electrons. The molecular formula is C17H17BrN2O2. The molecule has 3 rings (SSSR count). The summed E-state index contributed by atoms with van der Waals surface area (Å²) in [6, 6.07) is 12.1. The summed E-state index contributed by atoms with van der Waals surface area (Å²) in [6.07, 6.45) is 0. The smallest absolute Gasteiger partial charge is 0.161 e. The third-order valence-electron chi connectivity index (χ3n) is 3.73. The molecule has 22 heavy (non-hydrogen) atoms. The van der Waals surface area contributed by atoms with Gasteiger partial charge in [0.1, 0.15) is 5.82 Å². The molecule has 0 atom stereocenters. The third kappa shape index (κ3) is 2.57. The first kappa shape index (κ1) is 14.9. The lowest BCUT2D eigenvalue weighted by atomic mass is 10.2. The number of halogens is 1. The Hall–Kier alpha value is -2.01. The van der Waals surface area contributed by atoms with Gasteiger partial charge in [0.15, 0.2) is 11.5 Å². The zero-order valence-corrected chi connectivity index (χ0v) is 14.3. The average molecular weight is 361 g/mol. The van der Waals surface area contributed by atoms with Gasteiger partial charge in [0, 0.05) is 4.47 Å². The fourth-order valence-electron chi connectivity index (χ4n) is 2.58. The zero-order valence-electron chi connectivity index (χ0n) is 12.8. The van der Waals surface area contributed by atoms with Gasteiger partial charge in [-0.25, -0.2) is 4.98 Å². The maximum atomic E-state index is 5.40. The van der Waals surface area contributed by atoms with E-state index in [9.17, 15) is 0 Å². The first-order chi connectivity index (χ1) is 10.6. The van der Waals surface area contributed by atoms with E-state index in [0.29, 0.717) is 12.3 Å². The number of methoxy groups -OCH3 is 2. The highest BCUT2D eigenvalue weighted by atomic mass is 79.9. The number of nitrogens with zero attached hydrogens (tertiary/aromatic N) is 2. The SMILES string of the molecule is COc1cc(Br)c(Cn2c(C)nc3ccccc32)cc1OC. The molecule has 0 bridgehead atoms. The number of hydrogen-bond acceptors (Lipinski definition) is 3. The van der Waals surface area contributed by atoms with Crippen LogP contribution in [0.3, 0.4) is 0 Å². The van der Waals surface area contributed by atoms with Crippen LogP contribution in [0, 0.1) is 6.92 Å². The summed E-state index contributed by atoms with van der Waals surface area (Å²) < 4.78 is 13.9. The van der Waals surface area contributed by atoms with Crippen LogP contribution in [-0.2, 0) is 6.54 Å². The van der Waals surface area contributed by atoms with Crippen LogP contribution in [0.1, 0.15) is 11.4 Å². The molecule has 0 aliphatic carbocycles. The molecule has 0 saturated heterocycles. The highest BCUT2D eigenvalue weighted by molar-refractivity contribution is 9.10. The van der Waals surface area contributed by atoms with Crippen molar-refractivity contribution in [2.75, 3.05) is 14.2 Å². The van der Waals surface area contributed by atoms with Crippen molar-refractivity contribution in [3.63, 3.8) is 0 Å². The van der Waals surface area contributed by atoms with E-state index in [0.717, 1.165) is 32.6 Å². The van der Waals surface area contributed by atoms with Crippen LogP contribution in [-0.4, -0.2) is 23.8 Å². The molecule has 114 valence electrons. The van der Waals surface area contributed by atoms with E-state index in [2.05, 4.69) is 31.5 Å². The van der Waals surface area contributed by atoms with Crippen molar-refractivity contribution in [2.45, 2.75) is 13.5 Å². The number of imidazole rings is 1. The molecule has 0 fully saturated rings. The molecule has 1 heterocycles. The van der Waals surface area contributed by atoms with Gasteiger partial charge in [0.05, 0.1) is 31.8 Å². The number of aryl methyl sites for hydroxylation is 1. The molecule has 0 spiro atoms. The van der Waals surface area contributed by atoms with Crippen molar-refractivity contribution in [3.05, 3.63) is 52.3 Å². The number of aromatic nitrogens is 2. The fourth-order valence-corrected chi connectivity index (χ4v) is 3.03. The van der Waals surface area contributed by atoms with E-state index >= 15 is 0 Å². The number of benzene rings is 2. The normalized spacial score (nSPS) is 10.9. The molecule has 5 heteroatoms. The summed E-state index contributed by atoms with van der Waals surface area (Å²) in [7, 11) is 3.28. The Kier molecular flexibility index (Phi) is 4.07. The van der Waals surface area contributed by atoms with Crippen LogP contribution in [0.25, 0.3) is 11.0 Å². The molecular weight excluding hydrogens is 344 g/mol. The van der Waals surface area contributed by atoms with Crippen LogP contribution in [0.4, 0.5) is 0 Å². The van der Waals surface area contributed by atoms with Gasteiger partial charge in [-0.2, -0.15) is 0 Å². The maximum Gasteiger partial charge on any atom is 0.161 e. The number of fused-ring (bicyclic) bond motifs is 1. The van der Waals surface area contributed by atoms with Gasteiger partial charge >= 0.3 is 0 Å². The minimum atomic E-state index is 0.713. The second kappa shape index (κ2) is 6.01. The first-order valence-corrected chi connectivity index (χ1v) is 7.75. The van der Waals surface area contributed by atoms with E-state index in [1.165, 1.54) is 0 Å². The molecule has 3 aromatic rings. The van der Waals surface area contributed by atoms with Crippen LogP contribution in [0.15, 0.2) is 40.9 Å². The number of ether oxygens (including phenoxy) is 2. The van der Waals surface area contributed by atoms with Crippen molar-refractivity contribution in [3.8, 4) is 11.5 Å². The lowest BCUT2D eigenvalue weighted by Gasteiger charge is -2.13. The van der Waals surface area contributed by atoms with Crippen molar-refractivity contribution in [1.29, 1.82) is 0 Å². The molecule has 0 aliphatic heterocycles. The fraction of sp³-hybridized carbons (Fsp3) is 0.235. The van der Waals surface area contributed by atoms with E-state index in [1.807, 2.05) is 37.3 Å². The van der Waals surface area contributed by atoms with Crippen LogP contribution in [0.5, 0.6) is 11.5 Å². The number of hydrogen-bond donors (Lipinski definition) is 0. The summed E-state index contributed by atoms with van der Waals surface area (Å²) in [6.45, 7) is 2.74. The second-order valence-electron chi connectivity index (χ2n) is 5.03. The van der Waals surface area contributed by atoms with Gasteiger partial charge in [-0.15, -0.1) is 0 Å². The van der Waals surface area contributed by atoms with Crippen molar-refractivity contribution in [1.82, 2.24) is 9.55 Å². The standard InChI is InChI=1S/C17H17BrN2O2/c1-11-19-14-6-4-5-7-15(14)20(11)10-12-8-16(21-2)17(22-3)9-13(12)18/h4-9H,10H2,1-3H3. The lowest BCUT2D eigenvalue weighted by Crippen LogP contribution is -2.03. The molecule has 0 unspecified atom stereocenters. The van der Waals surface area contributed by atoms with Gasteiger partial charge < -0.3 is 14.0 Å². The van der Waals surface area contributed by atoms with Gasteiger partial charge in [0.2, 0.25) is 0 Å². The first-order valence-electron chi connectivity index (χ1n) is 6.96. The van der Waals surface area contributed by atoms with Crippen LogP contribution in [0.2, 0.25) is 0 Å². The summed E-state index contributed by atoms with van der Waals surface area (Å²) in [5.41, 5.74) is 3.25. The minimum absolute atomic E-state index is 0.713. The van der Waals surface area contributed by atoms with E-state index in [4.69, 9.17) is 9.47 Å². The van der Waals surface area contributed by atoms with Crippen molar-refractivity contribution >= 4 is 27.0 Å². The van der Waals surface area contributed by atoms with Crippen molar-refractivity contribution < 1.29 is 9.47 Å². The Labute approximate surface area is 137 Å². The average Bonchev–Trinajstić information content (AvgIpc) is 2.84. The van der Waals surface area contributed by atoms with Gasteiger partial charge in [-0.05, 0) is 36.8 Å². The molecule has 4 nitrogen and oxygen atoms in total. The highest BCUT2D eigenvalue weighted by Gasteiger charge is 2.13. The molecule has 0 amide bonds. The summed E-state index contributed by atoms with van der Waals surface area (Å²) in [5, 5.41) is 0. The Morgan fingerprint density at radius 1 is 1.09 bits per heavy atom. The quantitative estimate of drug-likeness (QED) is 0.700. The summed E-state index contributed by atoms with van der Waals surface area (Å²) >= 11 is 3.62. The highest BCUT2D eigenvalue weighted by Crippen LogP contribution is 2.34. The van der Waals surface area contributed by atoms with Crippen LogP contribution < -0.4 is 9.47 Å². The topological polar surface area (TPSA) is 36.3 Å². The molecule has 2 aromatic carbocycles. The Morgan fingerprint density at radius 3 is 2.50 bits per heavy atom. The van der Waals surface area contributed by atoms with Gasteiger partial charge in [-0.3, -0.25) is 0 Å². The molecule has 0 saturated carbocycles. The summed E-state index contributed by atoms with van der Waals surface area (Å²) in [4.78, 5) is 4.61. The predicted molar refractivity (Wildman–Crippen MR) is 90.8 cm³/mol. The van der Waals surface area contributed by atoms with E-state index in [-0.39, 0.29) is 0 Å². The van der Waals surface area contributed by atoms with E-state index < -0.39 is 0 Å². The van der Waals surface area contributed by atoms with Crippen molar-refractivity contribution in [2.24, 2.45) is 0 Å². The van der Waals surface area contributed by atoms with Gasteiger partial charge in [0.25, 0.3) is 0 Å². The predicted octanol–water partition coefficient (Wildman–Crippen LogP) is 4.17. The number of para-hydroxylation sites is 2. The molecule has 0 aliphatic rings. The largest absolute Gasteiger partial charge is 0.493 e. The Morgan fingerprint density at radius 2 is 1.77 bits per heavy atom. The van der Waals surface area contributed by atoms with Crippen LogP contribution >= 0.6 is 15.9 Å². The molecule has 0 N–H and O–H groups in total.